The molecule has 2 unspecified atom stereocenters. The second kappa shape index (κ2) is 4.94. The lowest BCUT2D eigenvalue weighted by Gasteiger charge is -2.28. The third kappa shape index (κ3) is 2.46. The van der Waals surface area contributed by atoms with Gasteiger partial charge in [-0.25, -0.2) is 0 Å². The molecular weight excluding hydrogens is 230 g/mol. The van der Waals surface area contributed by atoms with Crippen LogP contribution in [0.25, 0.3) is 0 Å². The molecule has 1 aliphatic heterocycles. The third-order valence-electron chi connectivity index (χ3n) is 3.57. The van der Waals surface area contributed by atoms with Crippen molar-refractivity contribution in [3.63, 3.8) is 0 Å². The van der Waals surface area contributed by atoms with E-state index in [4.69, 9.17) is 4.74 Å². The molecule has 5 nitrogen and oxygen atoms in total. The molecule has 0 spiro atoms. The predicted octanol–water partition coefficient (Wildman–Crippen LogP) is 1.42. The molecule has 0 aromatic carbocycles. The van der Waals surface area contributed by atoms with E-state index >= 15 is 0 Å². The molecule has 0 bridgehead atoms. The number of nitrogens with zero attached hydrogens (tertiary/aromatic N) is 1. The summed E-state index contributed by atoms with van der Waals surface area (Å²) in [6.07, 6.45) is 2.47. The van der Waals surface area contributed by atoms with Crippen molar-refractivity contribution in [2.24, 2.45) is 0 Å². The van der Waals surface area contributed by atoms with Gasteiger partial charge >= 0.3 is 0 Å². The van der Waals surface area contributed by atoms with E-state index in [0.717, 1.165) is 12.1 Å². The second-order valence-corrected chi connectivity index (χ2v) is 4.81. The van der Waals surface area contributed by atoms with Crippen molar-refractivity contribution < 1.29 is 9.53 Å². The van der Waals surface area contributed by atoms with Crippen LogP contribution in [0.5, 0.6) is 0 Å². The molecule has 0 aliphatic carbocycles. The quantitative estimate of drug-likeness (QED) is 0.850. The summed E-state index contributed by atoms with van der Waals surface area (Å²) in [5.74, 6) is -0.160. The molecule has 1 fully saturated rings. The summed E-state index contributed by atoms with van der Waals surface area (Å²) in [4.78, 5) is 16.3. The highest BCUT2D eigenvalue weighted by Gasteiger charge is 2.38. The van der Waals surface area contributed by atoms with Crippen LogP contribution < -0.4 is 10.6 Å². The zero-order valence-electron chi connectivity index (χ0n) is 11.0. The lowest BCUT2D eigenvalue weighted by atomic mass is 9.94. The van der Waals surface area contributed by atoms with Crippen LogP contribution in [0, 0.1) is 0 Å². The Morgan fingerprint density at radius 2 is 2.39 bits per heavy atom. The van der Waals surface area contributed by atoms with Gasteiger partial charge in [0.05, 0.1) is 11.6 Å². The molecule has 0 radical (unpaired) electrons. The van der Waals surface area contributed by atoms with Gasteiger partial charge in [-0.05, 0) is 32.4 Å². The molecule has 98 valence electrons. The van der Waals surface area contributed by atoms with E-state index in [0.29, 0.717) is 12.3 Å². The molecule has 0 saturated carbocycles. The van der Waals surface area contributed by atoms with Crippen LogP contribution in [0.3, 0.4) is 0 Å². The highest BCUT2D eigenvalue weighted by Crippen LogP contribution is 2.25. The lowest BCUT2D eigenvalue weighted by molar-refractivity contribution is 0.0724. The van der Waals surface area contributed by atoms with Crippen molar-refractivity contribution in [1.29, 1.82) is 0 Å². The average Bonchev–Trinajstić information content (AvgIpc) is 2.69. The molecule has 5 heteroatoms. The van der Waals surface area contributed by atoms with E-state index in [2.05, 4.69) is 15.6 Å². The van der Waals surface area contributed by atoms with Crippen LogP contribution in [-0.2, 0) is 4.74 Å². The van der Waals surface area contributed by atoms with Gasteiger partial charge in [0.1, 0.15) is 5.69 Å². The number of aromatic nitrogens is 1. The number of ether oxygens (including phenoxy) is 1. The molecule has 2 N–H and O–H groups in total. The van der Waals surface area contributed by atoms with Crippen LogP contribution in [0.15, 0.2) is 18.3 Å². The van der Waals surface area contributed by atoms with Crippen LogP contribution in [0.4, 0.5) is 5.69 Å². The zero-order chi connectivity index (χ0) is 13.2. The molecule has 2 heterocycles. The number of hydrogen-bond donors (Lipinski definition) is 2. The Kier molecular flexibility index (Phi) is 3.52. The first kappa shape index (κ1) is 12.8. The monoisotopic (exact) mass is 249 g/mol. The number of amides is 1. The summed E-state index contributed by atoms with van der Waals surface area (Å²) in [5, 5.41) is 6.01. The molecule has 18 heavy (non-hydrogen) atoms. The first-order chi connectivity index (χ1) is 8.55. The Morgan fingerprint density at radius 1 is 1.61 bits per heavy atom. The smallest absolute Gasteiger partial charge is 0.270 e. The van der Waals surface area contributed by atoms with Crippen LogP contribution in [0.1, 0.15) is 30.8 Å². The fourth-order valence-electron chi connectivity index (χ4n) is 2.03. The fraction of sp³-hybridized carbons (Fsp3) is 0.538. The molecule has 2 rings (SSSR count). The van der Waals surface area contributed by atoms with E-state index < -0.39 is 0 Å². The normalized spacial score (nSPS) is 26.9. The Balaban J connectivity index is 2.12. The van der Waals surface area contributed by atoms with E-state index in [1.54, 1.807) is 12.3 Å². The number of carbonyl (C=O) groups is 1. The first-order valence-electron chi connectivity index (χ1n) is 6.13. The maximum Gasteiger partial charge on any atom is 0.270 e. The van der Waals surface area contributed by atoms with Gasteiger partial charge in [0, 0.05) is 25.5 Å². The lowest BCUT2D eigenvalue weighted by Crippen LogP contribution is -2.50. The minimum atomic E-state index is -0.311. The summed E-state index contributed by atoms with van der Waals surface area (Å²) in [6.45, 7) is 4.66. The van der Waals surface area contributed by atoms with Gasteiger partial charge in [-0.1, -0.05) is 0 Å². The van der Waals surface area contributed by atoms with Gasteiger partial charge < -0.3 is 15.4 Å². The second-order valence-electron chi connectivity index (χ2n) is 4.81. The maximum absolute atomic E-state index is 12.2. The SMILES string of the molecule is CNc1ccnc(C(=O)NC2(C)CCOC2C)c1. The number of carbonyl (C=O) groups excluding carboxylic acids is 1. The molecular formula is C13H19N3O2. The molecule has 1 aliphatic rings. The van der Waals surface area contributed by atoms with E-state index in [9.17, 15) is 4.79 Å². The van der Waals surface area contributed by atoms with Gasteiger partial charge in [0.15, 0.2) is 0 Å². The summed E-state index contributed by atoms with van der Waals surface area (Å²) in [7, 11) is 1.81. The average molecular weight is 249 g/mol. The van der Waals surface area contributed by atoms with Crippen LogP contribution in [0.2, 0.25) is 0 Å². The molecule has 1 aromatic heterocycles. The summed E-state index contributed by atoms with van der Waals surface area (Å²) in [6, 6.07) is 3.55. The fourth-order valence-corrected chi connectivity index (χ4v) is 2.03. The van der Waals surface area contributed by atoms with Gasteiger partial charge in [-0.3, -0.25) is 9.78 Å². The van der Waals surface area contributed by atoms with Crippen molar-refractivity contribution in [1.82, 2.24) is 10.3 Å². The number of hydrogen-bond acceptors (Lipinski definition) is 4. The molecule has 1 saturated heterocycles. The minimum absolute atomic E-state index is 0.0222. The minimum Gasteiger partial charge on any atom is -0.388 e. The van der Waals surface area contributed by atoms with Gasteiger partial charge in [-0.2, -0.15) is 0 Å². The largest absolute Gasteiger partial charge is 0.388 e. The van der Waals surface area contributed by atoms with Crippen LogP contribution >= 0.6 is 0 Å². The topological polar surface area (TPSA) is 63.2 Å². The Hall–Kier alpha value is -1.62. The predicted molar refractivity (Wildman–Crippen MR) is 69.7 cm³/mol. The van der Waals surface area contributed by atoms with Crippen molar-refractivity contribution in [2.75, 3.05) is 19.0 Å². The maximum atomic E-state index is 12.2. The molecule has 1 aromatic rings. The van der Waals surface area contributed by atoms with E-state index in [-0.39, 0.29) is 17.6 Å². The standard InChI is InChI=1S/C13H19N3O2/c1-9-13(2,5-7-18-9)16-12(17)11-8-10(14-3)4-6-15-11/h4,6,8-9H,5,7H2,1-3H3,(H,14,15)(H,16,17). The van der Waals surface area contributed by atoms with Crippen LogP contribution in [-0.4, -0.2) is 36.2 Å². The van der Waals surface area contributed by atoms with Crippen molar-refractivity contribution in [2.45, 2.75) is 31.9 Å². The highest BCUT2D eigenvalue weighted by atomic mass is 16.5. The number of nitrogens with one attached hydrogen (secondary N) is 2. The Bertz CT molecular complexity index is 450. The zero-order valence-corrected chi connectivity index (χ0v) is 11.0. The van der Waals surface area contributed by atoms with Gasteiger partial charge in [-0.15, -0.1) is 0 Å². The first-order valence-corrected chi connectivity index (χ1v) is 6.13. The van der Waals surface area contributed by atoms with Crippen molar-refractivity contribution >= 4 is 11.6 Å². The highest BCUT2D eigenvalue weighted by molar-refractivity contribution is 5.93. The number of anilines is 1. The van der Waals surface area contributed by atoms with Gasteiger partial charge in [0.2, 0.25) is 0 Å². The van der Waals surface area contributed by atoms with E-state index in [1.807, 2.05) is 27.0 Å². The molecule has 2 atom stereocenters. The number of rotatable bonds is 3. The Morgan fingerprint density at radius 3 is 3.00 bits per heavy atom. The van der Waals surface area contributed by atoms with Gasteiger partial charge in [0.25, 0.3) is 5.91 Å². The number of pyridine rings is 1. The molecule has 1 amide bonds. The summed E-state index contributed by atoms with van der Waals surface area (Å²) in [5.41, 5.74) is 0.979. The summed E-state index contributed by atoms with van der Waals surface area (Å²) >= 11 is 0. The van der Waals surface area contributed by atoms with Crippen molar-refractivity contribution in [3.05, 3.63) is 24.0 Å². The third-order valence-corrected chi connectivity index (χ3v) is 3.57. The van der Waals surface area contributed by atoms with Crippen molar-refractivity contribution in [3.8, 4) is 0 Å². The summed E-state index contributed by atoms with van der Waals surface area (Å²) < 4.78 is 5.50. The van der Waals surface area contributed by atoms with E-state index in [1.165, 1.54) is 0 Å². The Labute approximate surface area is 107 Å².